The molecule has 27 heavy (non-hydrogen) atoms. The fourth-order valence-electron chi connectivity index (χ4n) is 3.16. The Hall–Kier alpha value is -2.38. The predicted octanol–water partition coefficient (Wildman–Crippen LogP) is 2.20. The molecule has 0 aliphatic carbocycles. The van der Waals surface area contributed by atoms with Crippen LogP contribution in [-0.2, 0) is 22.5 Å². The predicted molar refractivity (Wildman–Crippen MR) is 102 cm³/mol. The number of rotatable bonds is 7. The Bertz CT molecular complexity index is 766. The molecular formula is C20H27N3O4. The molecule has 7 nitrogen and oxygen atoms in total. The maximum absolute atomic E-state index is 10.9. The molecule has 1 aromatic heterocycles. The summed E-state index contributed by atoms with van der Waals surface area (Å²) in [5.74, 6) is 1.32. The Balaban J connectivity index is 1.71. The molecule has 0 radical (unpaired) electrons. The molecule has 0 unspecified atom stereocenters. The number of nitrogens with zero attached hydrogens (tertiary/aromatic N) is 3. The SMILES string of the molecule is COc1ccc(CCOC(C)=O)cc1-c1cc(CN2CCN(C)CC2)on1. The zero-order valence-electron chi connectivity index (χ0n) is 16.2. The monoisotopic (exact) mass is 373 g/mol. The van der Waals surface area contributed by atoms with Crippen molar-refractivity contribution in [3.05, 3.63) is 35.6 Å². The molecule has 0 atom stereocenters. The zero-order chi connectivity index (χ0) is 19.2. The lowest BCUT2D eigenvalue weighted by Crippen LogP contribution is -2.43. The standard InChI is InChI=1S/C20H27N3O4/c1-15(24)26-11-6-16-4-5-20(25-3)18(12-16)19-13-17(27-21-19)14-23-9-7-22(2)8-10-23/h4-5,12-13H,6-11,14H2,1-3H3. The molecule has 0 saturated carbocycles. The first-order valence-electron chi connectivity index (χ1n) is 9.22. The van der Waals surface area contributed by atoms with Gasteiger partial charge in [0, 0.05) is 51.2 Å². The molecule has 0 amide bonds. The summed E-state index contributed by atoms with van der Waals surface area (Å²) in [6.07, 6.45) is 0.641. The van der Waals surface area contributed by atoms with Gasteiger partial charge in [0.25, 0.3) is 0 Å². The molecule has 0 bridgehead atoms. The van der Waals surface area contributed by atoms with Crippen LogP contribution in [0.4, 0.5) is 0 Å². The average molecular weight is 373 g/mol. The maximum atomic E-state index is 10.9. The topological polar surface area (TPSA) is 68.0 Å². The number of hydrogen-bond acceptors (Lipinski definition) is 7. The Kier molecular flexibility index (Phi) is 6.47. The average Bonchev–Trinajstić information content (AvgIpc) is 3.11. The van der Waals surface area contributed by atoms with E-state index in [1.54, 1.807) is 7.11 Å². The Morgan fingerprint density at radius 3 is 2.70 bits per heavy atom. The second kappa shape index (κ2) is 9.01. The minimum Gasteiger partial charge on any atom is -0.496 e. The summed E-state index contributed by atoms with van der Waals surface area (Å²) in [6.45, 7) is 6.72. The van der Waals surface area contributed by atoms with Gasteiger partial charge < -0.3 is 18.9 Å². The van der Waals surface area contributed by atoms with Crippen LogP contribution in [0, 0.1) is 0 Å². The van der Waals surface area contributed by atoms with Gasteiger partial charge in [0.1, 0.15) is 11.4 Å². The van der Waals surface area contributed by atoms with Gasteiger partial charge in [-0.05, 0) is 24.7 Å². The summed E-state index contributed by atoms with van der Waals surface area (Å²) < 4.78 is 16.1. The van der Waals surface area contributed by atoms with E-state index in [0.717, 1.165) is 61.1 Å². The number of piperazine rings is 1. The van der Waals surface area contributed by atoms with Crippen LogP contribution >= 0.6 is 0 Å². The van der Waals surface area contributed by atoms with Crippen molar-refractivity contribution in [3.63, 3.8) is 0 Å². The summed E-state index contributed by atoms with van der Waals surface area (Å²) in [7, 11) is 3.78. The van der Waals surface area contributed by atoms with E-state index in [0.29, 0.717) is 13.0 Å². The van der Waals surface area contributed by atoms with Crippen molar-refractivity contribution in [1.82, 2.24) is 15.0 Å². The molecule has 2 aromatic rings. The van der Waals surface area contributed by atoms with Gasteiger partial charge in [0.05, 0.1) is 20.3 Å². The first-order chi connectivity index (χ1) is 13.0. The Morgan fingerprint density at radius 1 is 1.22 bits per heavy atom. The van der Waals surface area contributed by atoms with E-state index in [9.17, 15) is 4.79 Å². The third kappa shape index (κ3) is 5.30. The number of methoxy groups -OCH3 is 1. The van der Waals surface area contributed by atoms with E-state index in [4.69, 9.17) is 14.0 Å². The number of benzene rings is 1. The number of likely N-dealkylation sites (N-methyl/N-ethyl adjacent to an activating group) is 1. The molecule has 1 fully saturated rings. The molecule has 146 valence electrons. The fraction of sp³-hybridized carbons (Fsp3) is 0.500. The third-order valence-electron chi connectivity index (χ3n) is 4.77. The lowest BCUT2D eigenvalue weighted by molar-refractivity contribution is -0.140. The lowest BCUT2D eigenvalue weighted by atomic mass is 10.0. The second-order valence-electron chi connectivity index (χ2n) is 6.88. The maximum Gasteiger partial charge on any atom is 0.302 e. The van der Waals surface area contributed by atoms with Gasteiger partial charge in [-0.3, -0.25) is 9.69 Å². The first-order valence-corrected chi connectivity index (χ1v) is 9.22. The highest BCUT2D eigenvalue weighted by molar-refractivity contribution is 5.68. The van der Waals surface area contributed by atoms with Crippen LogP contribution in [-0.4, -0.2) is 67.9 Å². The van der Waals surface area contributed by atoms with E-state index in [-0.39, 0.29) is 5.97 Å². The number of carbonyl (C=O) groups excluding carboxylic acids is 1. The van der Waals surface area contributed by atoms with Crippen molar-refractivity contribution in [2.24, 2.45) is 0 Å². The van der Waals surface area contributed by atoms with Gasteiger partial charge in [-0.2, -0.15) is 0 Å². The van der Waals surface area contributed by atoms with Crippen LogP contribution in [0.5, 0.6) is 5.75 Å². The van der Waals surface area contributed by atoms with E-state index < -0.39 is 0 Å². The van der Waals surface area contributed by atoms with Gasteiger partial charge in [0.2, 0.25) is 0 Å². The molecular weight excluding hydrogens is 346 g/mol. The summed E-state index contributed by atoms with van der Waals surface area (Å²) >= 11 is 0. The van der Waals surface area contributed by atoms with E-state index in [1.807, 2.05) is 24.3 Å². The molecule has 0 N–H and O–H groups in total. The zero-order valence-corrected chi connectivity index (χ0v) is 16.2. The first kappa shape index (κ1) is 19.4. The number of carbonyl (C=O) groups is 1. The van der Waals surface area contributed by atoms with Crippen LogP contribution in [0.15, 0.2) is 28.8 Å². The van der Waals surface area contributed by atoms with Crippen LogP contribution in [0.2, 0.25) is 0 Å². The summed E-state index contributed by atoms with van der Waals surface area (Å²) in [4.78, 5) is 15.6. The lowest BCUT2D eigenvalue weighted by Gasteiger charge is -2.31. The normalized spacial score (nSPS) is 15.7. The van der Waals surface area contributed by atoms with Gasteiger partial charge in [-0.15, -0.1) is 0 Å². The van der Waals surface area contributed by atoms with Crippen molar-refractivity contribution >= 4 is 5.97 Å². The molecule has 2 heterocycles. The smallest absolute Gasteiger partial charge is 0.302 e. The van der Waals surface area contributed by atoms with Crippen molar-refractivity contribution in [2.45, 2.75) is 19.9 Å². The minimum absolute atomic E-state index is 0.270. The summed E-state index contributed by atoms with van der Waals surface area (Å²) in [5.41, 5.74) is 2.69. The van der Waals surface area contributed by atoms with Crippen LogP contribution < -0.4 is 4.74 Å². The van der Waals surface area contributed by atoms with Crippen molar-refractivity contribution < 1.29 is 18.8 Å². The summed E-state index contributed by atoms with van der Waals surface area (Å²) in [5, 5.41) is 4.25. The van der Waals surface area contributed by atoms with E-state index in [2.05, 4.69) is 22.0 Å². The van der Waals surface area contributed by atoms with Gasteiger partial charge >= 0.3 is 5.97 Å². The van der Waals surface area contributed by atoms with Crippen molar-refractivity contribution in [1.29, 1.82) is 0 Å². The Labute approximate surface area is 159 Å². The van der Waals surface area contributed by atoms with Crippen LogP contribution in [0.25, 0.3) is 11.3 Å². The Morgan fingerprint density at radius 2 is 2.00 bits per heavy atom. The number of hydrogen-bond donors (Lipinski definition) is 0. The second-order valence-corrected chi connectivity index (χ2v) is 6.88. The van der Waals surface area contributed by atoms with Crippen molar-refractivity contribution in [2.75, 3.05) is 46.9 Å². The fourth-order valence-corrected chi connectivity index (χ4v) is 3.16. The van der Waals surface area contributed by atoms with Crippen molar-refractivity contribution in [3.8, 4) is 17.0 Å². The highest BCUT2D eigenvalue weighted by atomic mass is 16.5. The van der Waals surface area contributed by atoms with E-state index in [1.165, 1.54) is 6.92 Å². The molecule has 7 heteroatoms. The number of aromatic nitrogens is 1. The third-order valence-corrected chi connectivity index (χ3v) is 4.77. The number of esters is 1. The highest BCUT2D eigenvalue weighted by Gasteiger charge is 2.18. The highest BCUT2D eigenvalue weighted by Crippen LogP contribution is 2.31. The molecule has 1 aliphatic heterocycles. The largest absolute Gasteiger partial charge is 0.496 e. The summed E-state index contributed by atoms with van der Waals surface area (Å²) in [6, 6.07) is 7.87. The van der Waals surface area contributed by atoms with Gasteiger partial charge in [0.15, 0.2) is 5.76 Å². The molecule has 1 aliphatic rings. The van der Waals surface area contributed by atoms with E-state index >= 15 is 0 Å². The molecule has 1 saturated heterocycles. The molecule has 3 rings (SSSR count). The number of ether oxygens (including phenoxy) is 2. The van der Waals surface area contributed by atoms with Gasteiger partial charge in [-0.1, -0.05) is 11.2 Å². The van der Waals surface area contributed by atoms with Crippen LogP contribution in [0.3, 0.4) is 0 Å². The van der Waals surface area contributed by atoms with Gasteiger partial charge in [-0.25, -0.2) is 0 Å². The molecule has 0 spiro atoms. The quantitative estimate of drug-likeness (QED) is 0.689. The van der Waals surface area contributed by atoms with Crippen LogP contribution in [0.1, 0.15) is 18.2 Å². The minimum atomic E-state index is -0.270. The molecule has 1 aromatic carbocycles.